The molecular formula is C16H15FN4O2S. The third-order valence-electron chi connectivity index (χ3n) is 4.29. The lowest BCUT2D eigenvalue weighted by Gasteiger charge is -2.09. The zero-order chi connectivity index (χ0) is 16.8. The summed E-state index contributed by atoms with van der Waals surface area (Å²) in [7, 11) is 0. The zero-order valence-electron chi connectivity index (χ0n) is 12.9. The second kappa shape index (κ2) is 5.55. The van der Waals surface area contributed by atoms with Gasteiger partial charge in [0.1, 0.15) is 0 Å². The molecule has 2 heterocycles. The maximum Gasteiger partial charge on any atom is 0.308 e. The van der Waals surface area contributed by atoms with Crippen LogP contribution in [0.4, 0.5) is 4.39 Å². The Morgan fingerprint density at radius 2 is 2.21 bits per heavy atom. The van der Waals surface area contributed by atoms with E-state index in [1.165, 1.54) is 16.7 Å². The van der Waals surface area contributed by atoms with E-state index in [-0.39, 0.29) is 10.6 Å². The van der Waals surface area contributed by atoms with E-state index < -0.39 is 5.82 Å². The smallest absolute Gasteiger partial charge is 0.308 e. The molecule has 0 fully saturated rings. The Morgan fingerprint density at radius 1 is 1.42 bits per heavy atom. The van der Waals surface area contributed by atoms with E-state index in [4.69, 9.17) is 0 Å². The van der Waals surface area contributed by atoms with Crippen LogP contribution in [-0.2, 0) is 19.4 Å². The number of aryl methyl sites for hydroxylation is 1. The monoisotopic (exact) mass is 346 g/mol. The Morgan fingerprint density at radius 3 is 2.96 bits per heavy atom. The molecule has 4 rings (SSSR count). The van der Waals surface area contributed by atoms with Gasteiger partial charge in [-0.05, 0) is 29.8 Å². The number of benzene rings is 1. The standard InChI is InChI=1S/C16H15FN4O2S/c1-2-7-19-14-9-13(10(17)8-15(14)24-16(19)22)20-18-11-5-3-4-6-12(11)21(20)23/h2,8-9H,1,3-7H2. The van der Waals surface area contributed by atoms with Crippen LogP contribution in [0.5, 0.6) is 0 Å². The molecule has 1 aliphatic carbocycles. The Kier molecular flexibility index (Phi) is 3.49. The average Bonchev–Trinajstić information content (AvgIpc) is 3.05. The summed E-state index contributed by atoms with van der Waals surface area (Å²) in [6.07, 6.45) is 4.91. The molecule has 0 atom stereocenters. The van der Waals surface area contributed by atoms with Crippen LogP contribution in [0.1, 0.15) is 24.2 Å². The van der Waals surface area contributed by atoms with E-state index in [2.05, 4.69) is 11.7 Å². The van der Waals surface area contributed by atoms with Crippen molar-refractivity contribution >= 4 is 21.6 Å². The van der Waals surface area contributed by atoms with Crippen molar-refractivity contribution in [1.29, 1.82) is 0 Å². The molecule has 0 unspecified atom stereocenters. The third kappa shape index (κ3) is 2.17. The van der Waals surface area contributed by atoms with Gasteiger partial charge < -0.3 is 5.21 Å². The van der Waals surface area contributed by atoms with Crippen molar-refractivity contribution in [1.82, 2.24) is 14.5 Å². The number of hydrogen-bond acceptors (Lipinski definition) is 4. The minimum atomic E-state index is -0.570. The number of aromatic nitrogens is 4. The summed E-state index contributed by atoms with van der Waals surface area (Å²) >= 11 is 0.973. The number of nitrogens with zero attached hydrogens (tertiary/aromatic N) is 4. The van der Waals surface area contributed by atoms with Gasteiger partial charge >= 0.3 is 4.87 Å². The fraction of sp³-hybridized carbons (Fsp3) is 0.312. The second-order valence-corrected chi connectivity index (χ2v) is 6.79. The summed E-state index contributed by atoms with van der Waals surface area (Å²) in [6, 6.07) is 2.80. The molecular weight excluding hydrogens is 331 g/mol. The van der Waals surface area contributed by atoms with E-state index in [0.29, 0.717) is 33.7 Å². The summed E-state index contributed by atoms with van der Waals surface area (Å²) in [5.74, 6) is -0.570. The zero-order valence-corrected chi connectivity index (χ0v) is 13.7. The van der Waals surface area contributed by atoms with E-state index in [1.807, 2.05) is 0 Å². The first kappa shape index (κ1) is 15.1. The lowest BCUT2D eigenvalue weighted by atomic mass is 10.0. The van der Waals surface area contributed by atoms with Crippen LogP contribution < -0.4 is 9.72 Å². The molecule has 24 heavy (non-hydrogen) atoms. The second-order valence-electron chi connectivity index (χ2n) is 5.80. The van der Waals surface area contributed by atoms with Crippen LogP contribution in [0, 0.1) is 11.0 Å². The fourth-order valence-corrected chi connectivity index (χ4v) is 4.04. The highest BCUT2D eigenvalue weighted by Crippen LogP contribution is 2.25. The summed E-state index contributed by atoms with van der Waals surface area (Å²) in [6.45, 7) is 3.97. The Hall–Kier alpha value is -2.48. The van der Waals surface area contributed by atoms with Crippen LogP contribution in [0.3, 0.4) is 0 Å². The highest BCUT2D eigenvalue weighted by atomic mass is 32.1. The highest BCUT2D eigenvalue weighted by molar-refractivity contribution is 7.16. The molecule has 3 aromatic rings. The number of rotatable bonds is 3. The van der Waals surface area contributed by atoms with Crippen molar-refractivity contribution in [2.75, 3.05) is 0 Å². The maximum absolute atomic E-state index is 14.5. The lowest BCUT2D eigenvalue weighted by Crippen LogP contribution is -2.41. The van der Waals surface area contributed by atoms with E-state index >= 15 is 0 Å². The van der Waals surface area contributed by atoms with E-state index in [1.54, 1.807) is 6.08 Å². The van der Waals surface area contributed by atoms with Gasteiger partial charge in [-0.2, -0.15) is 0 Å². The quantitative estimate of drug-likeness (QED) is 0.414. The van der Waals surface area contributed by atoms with E-state index in [0.717, 1.165) is 41.1 Å². The number of halogens is 1. The summed E-state index contributed by atoms with van der Waals surface area (Å²) in [5, 5.41) is 16.8. The molecule has 0 saturated heterocycles. The minimum Gasteiger partial charge on any atom is -0.692 e. The van der Waals surface area contributed by atoms with Crippen molar-refractivity contribution in [2.24, 2.45) is 0 Å². The van der Waals surface area contributed by atoms with Crippen LogP contribution in [-0.4, -0.2) is 14.5 Å². The summed E-state index contributed by atoms with van der Waals surface area (Å²) in [5.41, 5.74) is 1.97. The number of allylic oxidation sites excluding steroid dienone is 1. The van der Waals surface area contributed by atoms with Gasteiger partial charge in [-0.25, -0.2) is 4.39 Å². The third-order valence-corrected chi connectivity index (χ3v) is 5.23. The van der Waals surface area contributed by atoms with Gasteiger partial charge in [0.25, 0.3) is 0 Å². The predicted octanol–water partition coefficient (Wildman–Crippen LogP) is 2.09. The normalized spacial score (nSPS) is 14.0. The van der Waals surface area contributed by atoms with Crippen molar-refractivity contribution in [3.05, 3.63) is 56.9 Å². The maximum atomic E-state index is 14.5. The van der Waals surface area contributed by atoms with Crippen molar-refractivity contribution in [2.45, 2.75) is 32.2 Å². The van der Waals surface area contributed by atoms with Gasteiger partial charge in [0.15, 0.2) is 17.2 Å². The first-order valence-corrected chi connectivity index (χ1v) is 8.56. The van der Waals surface area contributed by atoms with Gasteiger partial charge in [-0.3, -0.25) is 9.36 Å². The van der Waals surface area contributed by atoms with Gasteiger partial charge in [-0.15, -0.1) is 11.4 Å². The predicted molar refractivity (Wildman–Crippen MR) is 89.0 cm³/mol. The van der Waals surface area contributed by atoms with Crippen LogP contribution in [0.2, 0.25) is 0 Å². The molecule has 0 aliphatic heterocycles. The summed E-state index contributed by atoms with van der Waals surface area (Å²) < 4.78 is 16.6. The van der Waals surface area contributed by atoms with Gasteiger partial charge in [0, 0.05) is 24.5 Å². The molecule has 1 aromatic carbocycles. The fourth-order valence-electron chi connectivity index (χ4n) is 3.14. The average molecular weight is 346 g/mol. The first-order valence-electron chi connectivity index (χ1n) is 7.75. The van der Waals surface area contributed by atoms with E-state index in [9.17, 15) is 14.4 Å². The molecule has 6 nitrogen and oxygen atoms in total. The number of fused-ring (bicyclic) bond motifs is 2. The van der Waals surface area contributed by atoms with Crippen LogP contribution in [0.25, 0.3) is 15.9 Å². The topological polar surface area (TPSA) is 66.8 Å². The molecule has 124 valence electrons. The number of hydrogen-bond donors (Lipinski definition) is 0. The SMILES string of the molecule is C=CCn1c(=O)sc2cc(F)c(-n3nc4c([n+]3[O-])CCCC4)cc21. The molecule has 0 N–H and O–H groups in total. The first-order chi connectivity index (χ1) is 11.6. The van der Waals surface area contributed by atoms with Gasteiger partial charge in [0.2, 0.25) is 5.69 Å². The Balaban J connectivity index is 1.95. The Bertz CT molecular complexity index is 1020. The molecule has 8 heteroatoms. The highest BCUT2D eigenvalue weighted by Gasteiger charge is 2.27. The molecule has 0 amide bonds. The molecule has 0 bridgehead atoms. The van der Waals surface area contributed by atoms with Crippen LogP contribution >= 0.6 is 11.3 Å². The molecule has 1 aliphatic rings. The van der Waals surface area contributed by atoms with Crippen LogP contribution in [0.15, 0.2) is 29.6 Å². The minimum absolute atomic E-state index is 0.0579. The Labute approximate surface area is 140 Å². The molecule has 2 aromatic heterocycles. The lowest BCUT2D eigenvalue weighted by molar-refractivity contribution is -0.696. The van der Waals surface area contributed by atoms with Gasteiger partial charge in [-0.1, -0.05) is 17.4 Å². The molecule has 0 saturated carbocycles. The molecule has 0 radical (unpaired) electrons. The van der Waals surface area contributed by atoms with Gasteiger partial charge in [0.05, 0.1) is 10.2 Å². The summed E-state index contributed by atoms with van der Waals surface area (Å²) in [4.78, 5) is 13.6. The van der Waals surface area contributed by atoms with Crippen molar-refractivity contribution < 1.29 is 9.24 Å². The molecule has 0 spiro atoms. The largest absolute Gasteiger partial charge is 0.692 e. The van der Waals surface area contributed by atoms with Crippen molar-refractivity contribution in [3.8, 4) is 5.69 Å². The number of thiazole rings is 1. The van der Waals surface area contributed by atoms with Crippen molar-refractivity contribution in [3.63, 3.8) is 0 Å².